The van der Waals surface area contributed by atoms with E-state index in [0.29, 0.717) is 44.4 Å². The van der Waals surface area contributed by atoms with Crippen molar-refractivity contribution in [3.05, 3.63) is 95.6 Å². The number of aryl methyl sites for hydroxylation is 2. The summed E-state index contributed by atoms with van der Waals surface area (Å²) in [5.74, 6) is -0.319. The second-order valence-electron chi connectivity index (χ2n) is 11.0. The molecule has 1 aliphatic heterocycles. The Bertz CT molecular complexity index is 1890. The van der Waals surface area contributed by atoms with E-state index in [-0.39, 0.29) is 11.8 Å². The Morgan fingerprint density at radius 2 is 1.70 bits per heavy atom. The monoisotopic (exact) mass is 592 g/mol. The van der Waals surface area contributed by atoms with Crippen LogP contribution in [0.2, 0.25) is 0 Å². The van der Waals surface area contributed by atoms with Gasteiger partial charge in [-0.3, -0.25) is 4.79 Å². The number of aliphatic carboxylic acids is 1. The van der Waals surface area contributed by atoms with Gasteiger partial charge in [0.25, 0.3) is 5.91 Å². The van der Waals surface area contributed by atoms with Crippen LogP contribution in [0.5, 0.6) is 11.6 Å². The minimum Gasteiger partial charge on any atom is -0.493 e. The van der Waals surface area contributed by atoms with E-state index in [1.165, 1.54) is 4.90 Å². The summed E-state index contributed by atoms with van der Waals surface area (Å²) in [5.41, 5.74) is 4.41. The number of nitrogens with one attached hydrogen (secondary N) is 1. The van der Waals surface area contributed by atoms with E-state index in [2.05, 4.69) is 4.98 Å². The number of amides is 1. The predicted octanol–water partition coefficient (Wildman–Crippen LogP) is 7.05. The van der Waals surface area contributed by atoms with Gasteiger partial charge >= 0.3 is 12.1 Å². The number of ether oxygens (including phenoxy) is 2. The second-order valence-corrected chi connectivity index (χ2v) is 11.0. The van der Waals surface area contributed by atoms with Crippen LogP contribution in [0, 0.1) is 6.92 Å². The van der Waals surface area contributed by atoms with Gasteiger partial charge in [-0.2, -0.15) is 0 Å². The number of rotatable bonds is 9. The van der Waals surface area contributed by atoms with E-state index >= 15 is 0 Å². The Hall–Kier alpha value is -5.31. The van der Waals surface area contributed by atoms with Crippen molar-refractivity contribution in [3.8, 4) is 22.8 Å². The second kappa shape index (κ2) is 12.1. The highest BCUT2D eigenvalue weighted by molar-refractivity contribution is 6.01. The average molecular weight is 593 g/mol. The molecule has 1 saturated heterocycles. The maximum Gasteiger partial charge on any atom is 0.512 e. The van der Waals surface area contributed by atoms with Crippen molar-refractivity contribution in [1.82, 2.24) is 9.88 Å². The van der Waals surface area contributed by atoms with E-state index in [1.54, 1.807) is 12.1 Å². The zero-order valence-corrected chi connectivity index (χ0v) is 24.2. The number of carbonyl (C=O) groups excluding carboxylic acids is 1. The van der Waals surface area contributed by atoms with Gasteiger partial charge < -0.3 is 29.6 Å². The lowest BCUT2D eigenvalue weighted by Gasteiger charge is -2.22. The first-order valence-electron chi connectivity index (χ1n) is 14.6. The number of hydrogen-bond acceptors (Lipinski definition) is 5. The molecule has 0 bridgehead atoms. The number of H-pyrrole nitrogens is 1. The average Bonchev–Trinajstić information content (AvgIpc) is 3.64. The number of para-hydroxylation sites is 1. The van der Waals surface area contributed by atoms with Gasteiger partial charge in [-0.25, -0.2) is 9.59 Å². The maximum absolute atomic E-state index is 13.2. The summed E-state index contributed by atoms with van der Waals surface area (Å²) in [6.07, 6.45) is 0.842. The highest BCUT2D eigenvalue weighted by atomic mass is 16.7. The van der Waals surface area contributed by atoms with Crippen molar-refractivity contribution in [2.75, 3.05) is 13.2 Å². The van der Waals surface area contributed by atoms with Crippen LogP contribution in [0.25, 0.3) is 32.8 Å². The molecule has 0 spiro atoms. The van der Waals surface area contributed by atoms with Crippen LogP contribution in [0.3, 0.4) is 0 Å². The zero-order chi connectivity index (χ0) is 30.8. The molecule has 2 heterocycles. The molecule has 44 heavy (non-hydrogen) atoms. The summed E-state index contributed by atoms with van der Waals surface area (Å²) in [6.45, 7) is 2.74. The van der Waals surface area contributed by atoms with Gasteiger partial charge in [-0.15, -0.1) is 0 Å². The molecule has 4 aromatic carbocycles. The first-order chi connectivity index (χ1) is 21.3. The third-order valence-electron chi connectivity index (χ3n) is 8.23. The Kier molecular flexibility index (Phi) is 7.93. The molecule has 9 heteroatoms. The first kappa shape index (κ1) is 28.8. The van der Waals surface area contributed by atoms with Gasteiger partial charge in [0.2, 0.25) is 5.88 Å². The first-order valence-corrected chi connectivity index (χ1v) is 14.6. The number of aromatic amines is 1. The van der Waals surface area contributed by atoms with Gasteiger partial charge in [0, 0.05) is 34.0 Å². The molecule has 1 aromatic heterocycles. The predicted molar refractivity (Wildman–Crippen MR) is 167 cm³/mol. The van der Waals surface area contributed by atoms with Gasteiger partial charge in [-0.1, -0.05) is 60.7 Å². The minimum atomic E-state index is -1.41. The van der Waals surface area contributed by atoms with Crippen LogP contribution in [0.1, 0.15) is 40.7 Å². The van der Waals surface area contributed by atoms with Crippen molar-refractivity contribution >= 4 is 39.7 Å². The third-order valence-corrected chi connectivity index (χ3v) is 8.23. The molecule has 0 aliphatic carbocycles. The highest BCUT2D eigenvalue weighted by Gasteiger charge is 2.34. The number of carboxylic acids is 1. The maximum atomic E-state index is 13.2. The van der Waals surface area contributed by atoms with Crippen LogP contribution >= 0.6 is 0 Å². The van der Waals surface area contributed by atoms with Crippen molar-refractivity contribution in [3.63, 3.8) is 0 Å². The lowest BCUT2D eigenvalue weighted by Crippen LogP contribution is -2.40. The molecule has 1 aliphatic rings. The summed E-state index contributed by atoms with van der Waals surface area (Å²) < 4.78 is 11.3. The largest absolute Gasteiger partial charge is 0.512 e. The Labute approximate surface area is 253 Å². The molecule has 9 nitrogen and oxygen atoms in total. The van der Waals surface area contributed by atoms with Crippen LogP contribution in [-0.4, -0.2) is 57.3 Å². The molecule has 1 amide bonds. The molecular weight excluding hydrogens is 560 g/mol. The molecular formula is C35H32N2O7. The molecule has 0 unspecified atom stereocenters. The fourth-order valence-corrected chi connectivity index (χ4v) is 6.18. The Balaban J connectivity index is 1.26. The molecule has 224 valence electrons. The summed E-state index contributed by atoms with van der Waals surface area (Å²) in [6, 6.07) is 24.3. The SMILES string of the molecule is Cc1cc(C(=O)N2CCC[C@@H]2C(=O)O)ccc1-c1cccc2c(CCCOc3cccc4ccccc34)c(OC(=O)O)[nH]c12. The molecule has 0 radical (unpaired) electrons. The normalized spacial score (nSPS) is 14.7. The number of likely N-dealkylation sites (tertiary alicyclic amines) is 1. The number of benzene rings is 4. The smallest absolute Gasteiger partial charge is 0.493 e. The molecule has 0 saturated carbocycles. The number of aromatic nitrogens is 1. The molecule has 5 aromatic rings. The number of nitrogens with zero attached hydrogens (tertiary/aromatic N) is 1. The van der Waals surface area contributed by atoms with Gasteiger partial charge in [0.15, 0.2) is 0 Å². The number of carboxylic acid groups (broad SMARTS) is 2. The lowest BCUT2D eigenvalue weighted by molar-refractivity contribution is -0.141. The molecule has 1 fully saturated rings. The van der Waals surface area contributed by atoms with E-state index in [4.69, 9.17) is 9.47 Å². The number of hydrogen-bond donors (Lipinski definition) is 3. The molecule has 3 N–H and O–H groups in total. The van der Waals surface area contributed by atoms with E-state index in [9.17, 15) is 24.6 Å². The van der Waals surface area contributed by atoms with Crippen molar-refractivity contribution in [1.29, 1.82) is 0 Å². The number of carbonyl (C=O) groups is 3. The van der Waals surface area contributed by atoms with E-state index < -0.39 is 18.2 Å². The van der Waals surface area contributed by atoms with Crippen molar-refractivity contribution in [2.24, 2.45) is 0 Å². The summed E-state index contributed by atoms with van der Waals surface area (Å²) in [7, 11) is 0. The van der Waals surface area contributed by atoms with E-state index in [0.717, 1.165) is 49.7 Å². The van der Waals surface area contributed by atoms with Crippen LogP contribution in [0.15, 0.2) is 78.9 Å². The number of fused-ring (bicyclic) bond motifs is 2. The molecule has 6 rings (SSSR count). The van der Waals surface area contributed by atoms with Gasteiger partial charge in [0.1, 0.15) is 11.8 Å². The lowest BCUT2D eigenvalue weighted by atomic mass is 9.95. The van der Waals surface area contributed by atoms with Gasteiger partial charge in [0.05, 0.1) is 12.1 Å². The summed E-state index contributed by atoms with van der Waals surface area (Å²) in [5, 5.41) is 21.9. The quantitative estimate of drug-likeness (QED) is 0.123. The van der Waals surface area contributed by atoms with Crippen molar-refractivity contribution < 1.29 is 34.1 Å². The van der Waals surface area contributed by atoms with Crippen LogP contribution in [0.4, 0.5) is 4.79 Å². The fourth-order valence-electron chi connectivity index (χ4n) is 6.18. The van der Waals surface area contributed by atoms with Gasteiger partial charge in [-0.05, 0) is 67.3 Å². The summed E-state index contributed by atoms with van der Waals surface area (Å²) in [4.78, 5) is 41.0. The zero-order valence-electron chi connectivity index (χ0n) is 24.2. The highest BCUT2D eigenvalue weighted by Crippen LogP contribution is 2.37. The van der Waals surface area contributed by atoms with E-state index in [1.807, 2.05) is 73.7 Å². The topological polar surface area (TPSA) is 129 Å². The summed E-state index contributed by atoms with van der Waals surface area (Å²) >= 11 is 0. The Morgan fingerprint density at radius 3 is 2.50 bits per heavy atom. The third kappa shape index (κ3) is 5.56. The molecule has 1 atom stereocenters. The standard InChI is InChI=1S/C35H32N2O7/c1-21-20-23(33(38)37-18-6-14-29(37)34(39)40)16-17-24(21)26-11-5-12-27-28(32(36-31(26)27)44-35(41)42)13-7-19-43-30-15-4-9-22-8-2-3-10-25(22)30/h2-5,8-12,15-17,20,29,36H,6-7,13-14,18-19H2,1H3,(H,39,40)(H,41,42)/t29-/m1/s1. The van der Waals surface area contributed by atoms with Crippen molar-refractivity contribution in [2.45, 2.75) is 38.6 Å². The van der Waals surface area contributed by atoms with Crippen LogP contribution < -0.4 is 9.47 Å². The Morgan fingerprint density at radius 1 is 0.932 bits per heavy atom. The fraction of sp³-hybridized carbons (Fsp3) is 0.229. The van der Waals surface area contributed by atoms with Crippen LogP contribution in [-0.2, 0) is 11.2 Å². The minimum absolute atomic E-state index is 0.170.